The molecule has 1 saturated heterocycles. The molecule has 1 atom stereocenters. The van der Waals surface area contributed by atoms with Gasteiger partial charge in [0.2, 0.25) is 0 Å². The van der Waals surface area contributed by atoms with Crippen molar-refractivity contribution in [1.29, 1.82) is 0 Å². The molecule has 0 bridgehead atoms. The van der Waals surface area contributed by atoms with E-state index in [1.807, 2.05) is 0 Å². The normalized spacial score (nSPS) is 21.2. The van der Waals surface area contributed by atoms with Crippen molar-refractivity contribution < 1.29 is 0 Å². The molecule has 0 saturated carbocycles. The lowest BCUT2D eigenvalue weighted by Crippen LogP contribution is -2.34. The summed E-state index contributed by atoms with van der Waals surface area (Å²) in [7, 11) is 0. The van der Waals surface area contributed by atoms with Gasteiger partial charge in [0.25, 0.3) is 0 Å². The quantitative estimate of drug-likeness (QED) is 0.623. The van der Waals surface area contributed by atoms with E-state index < -0.39 is 0 Å². The Bertz CT molecular complexity index is 159. The van der Waals surface area contributed by atoms with Crippen LogP contribution in [-0.2, 0) is 0 Å². The average molecular weight is 225 g/mol. The molecule has 16 heavy (non-hydrogen) atoms. The summed E-state index contributed by atoms with van der Waals surface area (Å²) in [6.07, 6.45) is 9.88. The van der Waals surface area contributed by atoms with Gasteiger partial charge in [-0.3, -0.25) is 0 Å². The number of piperidine rings is 1. The minimum atomic E-state index is 0.980. The first-order valence-electron chi connectivity index (χ1n) is 7.52. The van der Waals surface area contributed by atoms with Crippen LogP contribution in [0.3, 0.4) is 0 Å². The molecule has 1 aliphatic heterocycles. The van der Waals surface area contributed by atoms with Gasteiger partial charge in [0.15, 0.2) is 0 Å². The smallest absolute Gasteiger partial charge is 0.00161 e. The lowest BCUT2D eigenvalue weighted by Gasteiger charge is -2.32. The first kappa shape index (κ1) is 14.0. The van der Waals surface area contributed by atoms with Gasteiger partial charge in [0.05, 0.1) is 0 Å². The van der Waals surface area contributed by atoms with Gasteiger partial charge in [-0.25, -0.2) is 0 Å². The lowest BCUT2D eigenvalue weighted by molar-refractivity contribution is 0.169. The van der Waals surface area contributed by atoms with Crippen molar-refractivity contribution in [2.45, 2.75) is 65.7 Å². The molecule has 0 spiro atoms. The van der Waals surface area contributed by atoms with E-state index in [-0.39, 0.29) is 0 Å². The van der Waals surface area contributed by atoms with Gasteiger partial charge < -0.3 is 4.90 Å². The van der Waals surface area contributed by atoms with Crippen LogP contribution in [0.1, 0.15) is 65.7 Å². The van der Waals surface area contributed by atoms with Crippen molar-refractivity contribution in [1.82, 2.24) is 4.90 Å². The number of rotatable bonds is 7. The highest BCUT2D eigenvalue weighted by atomic mass is 15.1. The zero-order valence-electron chi connectivity index (χ0n) is 11.7. The fourth-order valence-corrected chi connectivity index (χ4v) is 2.94. The molecule has 1 nitrogen and oxygen atoms in total. The summed E-state index contributed by atoms with van der Waals surface area (Å²) in [6.45, 7) is 11.1. The van der Waals surface area contributed by atoms with Gasteiger partial charge in [-0.1, -0.05) is 46.5 Å². The topological polar surface area (TPSA) is 3.24 Å². The third kappa shape index (κ3) is 4.86. The largest absolute Gasteiger partial charge is 0.303 e. The molecule has 0 aliphatic carbocycles. The van der Waals surface area contributed by atoms with Crippen LogP contribution in [0.2, 0.25) is 0 Å². The van der Waals surface area contributed by atoms with Crippen molar-refractivity contribution in [3.63, 3.8) is 0 Å². The van der Waals surface area contributed by atoms with Crippen LogP contribution in [0.5, 0.6) is 0 Å². The fourth-order valence-electron chi connectivity index (χ4n) is 2.94. The van der Waals surface area contributed by atoms with Crippen molar-refractivity contribution in [3.05, 3.63) is 0 Å². The molecule has 0 N–H and O–H groups in total. The highest BCUT2D eigenvalue weighted by Gasteiger charge is 2.18. The fraction of sp³-hybridized carbons (Fsp3) is 1.00. The maximum atomic E-state index is 2.70. The Morgan fingerprint density at radius 1 is 1.06 bits per heavy atom. The molecule has 1 heteroatoms. The molecule has 0 radical (unpaired) electrons. The van der Waals surface area contributed by atoms with Gasteiger partial charge in [-0.15, -0.1) is 0 Å². The maximum Gasteiger partial charge on any atom is -0.00161 e. The van der Waals surface area contributed by atoms with E-state index >= 15 is 0 Å². The Balaban J connectivity index is 2.13. The van der Waals surface area contributed by atoms with E-state index in [1.54, 1.807) is 0 Å². The zero-order valence-corrected chi connectivity index (χ0v) is 11.7. The van der Waals surface area contributed by atoms with Crippen molar-refractivity contribution >= 4 is 0 Å². The van der Waals surface area contributed by atoms with Crippen LogP contribution in [0.25, 0.3) is 0 Å². The number of likely N-dealkylation sites (tertiary alicyclic amines) is 1. The summed E-state index contributed by atoms with van der Waals surface area (Å²) in [5.41, 5.74) is 0. The van der Waals surface area contributed by atoms with Crippen LogP contribution in [-0.4, -0.2) is 24.5 Å². The van der Waals surface area contributed by atoms with E-state index in [4.69, 9.17) is 0 Å². The van der Waals surface area contributed by atoms with Gasteiger partial charge in [0.1, 0.15) is 0 Å². The molecule has 96 valence electrons. The Kier molecular flexibility index (Phi) is 7.11. The van der Waals surface area contributed by atoms with E-state index in [9.17, 15) is 0 Å². The average Bonchev–Trinajstić information content (AvgIpc) is 2.35. The minimum Gasteiger partial charge on any atom is -0.303 e. The Labute approximate surface area is 103 Å². The molecular weight excluding hydrogens is 194 g/mol. The highest BCUT2D eigenvalue weighted by Crippen LogP contribution is 2.22. The Hall–Kier alpha value is -0.0400. The summed E-state index contributed by atoms with van der Waals surface area (Å²) in [5, 5.41) is 0. The minimum absolute atomic E-state index is 0.980. The SMILES string of the molecule is CCCC(CC)CCN1CCC(CC)CC1. The first-order chi connectivity index (χ1) is 7.80. The third-order valence-electron chi connectivity index (χ3n) is 4.41. The Morgan fingerprint density at radius 2 is 1.75 bits per heavy atom. The summed E-state index contributed by atoms with van der Waals surface area (Å²) in [5.74, 6) is 2.00. The van der Waals surface area contributed by atoms with E-state index in [0.717, 1.165) is 11.8 Å². The highest BCUT2D eigenvalue weighted by molar-refractivity contribution is 4.72. The molecule has 0 aromatic rings. The van der Waals surface area contributed by atoms with Crippen LogP contribution < -0.4 is 0 Å². The van der Waals surface area contributed by atoms with Gasteiger partial charge >= 0.3 is 0 Å². The summed E-state index contributed by atoms with van der Waals surface area (Å²) in [4.78, 5) is 2.70. The second-order valence-corrected chi connectivity index (χ2v) is 5.54. The second-order valence-electron chi connectivity index (χ2n) is 5.54. The standard InChI is InChI=1S/C15H31N/c1-4-7-14(5-2)8-11-16-12-9-15(6-3)10-13-16/h14-15H,4-13H2,1-3H3. The number of hydrogen-bond donors (Lipinski definition) is 0. The van der Waals surface area contributed by atoms with E-state index in [1.165, 1.54) is 64.6 Å². The molecule has 1 unspecified atom stereocenters. The predicted molar refractivity (Wildman–Crippen MR) is 72.8 cm³/mol. The first-order valence-corrected chi connectivity index (χ1v) is 7.52. The van der Waals surface area contributed by atoms with Gasteiger partial charge in [-0.05, 0) is 50.7 Å². The van der Waals surface area contributed by atoms with E-state index in [0.29, 0.717) is 0 Å². The molecule has 1 aliphatic rings. The Morgan fingerprint density at radius 3 is 2.25 bits per heavy atom. The van der Waals surface area contributed by atoms with E-state index in [2.05, 4.69) is 25.7 Å². The number of nitrogens with zero attached hydrogens (tertiary/aromatic N) is 1. The molecule has 0 aromatic carbocycles. The summed E-state index contributed by atoms with van der Waals surface area (Å²) >= 11 is 0. The molecule has 1 fully saturated rings. The van der Waals surface area contributed by atoms with Gasteiger partial charge in [0, 0.05) is 0 Å². The maximum absolute atomic E-state index is 2.70. The van der Waals surface area contributed by atoms with Crippen molar-refractivity contribution in [3.8, 4) is 0 Å². The molecule has 0 aromatic heterocycles. The second kappa shape index (κ2) is 8.11. The monoisotopic (exact) mass is 225 g/mol. The van der Waals surface area contributed by atoms with Crippen LogP contribution >= 0.6 is 0 Å². The van der Waals surface area contributed by atoms with Gasteiger partial charge in [-0.2, -0.15) is 0 Å². The van der Waals surface area contributed by atoms with Crippen LogP contribution in [0.4, 0.5) is 0 Å². The molecular formula is C15H31N. The molecule has 0 amide bonds. The zero-order chi connectivity index (χ0) is 11.8. The predicted octanol–water partition coefficient (Wildman–Crippen LogP) is 4.32. The molecule has 1 heterocycles. The van der Waals surface area contributed by atoms with Crippen LogP contribution in [0.15, 0.2) is 0 Å². The van der Waals surface area contributed by atoms with Crippen molar-refractivity contribution in [2.75, 3.05) is 19.6 Å². The number of hydrogen-bond acceptors (Lipinski definition) is 1. The van der Waals surface area contributed by atoms with Crippen molar-refractivity contribution in [2.24, 2.45) is 11.8 Å². The third-order valence-corrected chi connectivity index (χ3v) is 4.41. The molecule has 1 rings (SSSR count). The lowest BCUT2D eigenvalue weighted by atomic mass is 9.93. The summed E-state index contributed by atoms with van der Waals surface area (Å²) < 4.78 is 0. The summed E-state index contributed by atoms with van der Waals surface area (Å²) in [6, 6.07) is 0. The van der Waals surface area contributed by atoms with Crippen LogP contribution in [0, 0.1) is 11.8 Å².